The minimum Gasteiger partial charge on any atom is -0.356 e. The Kier molecular flexibility index (Phi) is 4.94. The molecule has 0 bridgehead atoms. The van der Waals surface area contributed by atoms with Crippen molar-refractivity contribution in [2.75, 3.05) is 19.6 Å². The molecular weight excluding hydrogens is 307 g/mol. The summed E-state index contributed by atoms with van der Waals surface area (Å²) in [7, 11) is 1.89. The van der Waals surface area contributed by atoms with Crippen LogP contribution in [0.5, 0.6) is 0 Å². The number of aryl methyl sites for hydroxylation is 2. The Bertz CT molecular complexity index is 709. The highest BCUT2D eigenvalue weighted by molar-refractivity contribution is 5.84. The van der Waals surface area contributed by atoms with E-state index in [1.807, 2.05) is 25.5 Å². The molecule has 2 N–H and O–H groups in total. The maximum Gasteiger partial charge on any atom is 0.229 e. The van der Waals surface area contributed by atoms with Crippen molar-refractivity contribution >= 4 is 5.91 Å². The number of halogens is 1. The molecule has 5 nitrogen and oxygen atoms in total. The van der Waals surface area contributed by atoms with Gasteiger partial charge in [0.1, 0.15) is 5.82 Å². The highest BCUT2D eigenvalue weighted by Gasteiger charge is 2.44. The van der Waals surface area contributed by atoms with Gasteiger partial charge in [-0.1, -0.05) is 18.2 Å². The van der Waals surface area contributed by atoms with Crippen molar-refractivity contribution in [1.82, 2.24) is 20.4 Å². The van der Waals surface area contributed by atoms with Crippen LogP contribution in [0.1, 0.15) is 17.5 Å². The van der Waals surface area contributed by atoms with Crippen molar-refractivity contribution in [1.29, 1.82) is 0 Å². The molecule has 2 heterocycles. The maximum absolute atomic E-state index is 13.9. The zero-order valence-corrected chi connectivity index (χ0v) is 13.9. The number of nitrogens with one attached hydrogen (secondary N) is 2. The summed E-state index contributed by atoms with van der Waals surface area (Å²) in [4.78, 5) is 12.6. The molecule has 1 saturated heterocycles. The Morgan fingerprint density at radius 1 is 1.42 bits per heavy atom. The van der Waals surface area contributed by atoms with Crippen molar-refractivity contribution in [3.05, 3.63) is 53.6 Å². The van der Waals surface area contributed by atoms with Gasteiger partial charge in [0.2, 0.25) is 5.91 Å². The summed E-state index contributed by atoms with van der Waals surface area (Å²) in [5.41, 5.74) is 1.24. The van der Waals surface area contributed by atoms with Crippen LogP contribution >= 0.6 is 0 Å². The molecule has 3 rings (SSSR count). The number of carbonyl (C=O) groups excluding carboxylic acids is 1. The zero-order chi connectivity index (χ0) is 17.0. The highest BCUT2D eigenvalue weighted by Crippen LogP contribution is 2.29. The normalized spacial score (nSPS) is 15.8. The van der Waals surface area contributed by atoms with E-state index < -0.39 is 5.41 Å². The lowest BCUT2D eigenvalue weighted by Crippen LogP contribution is -2.62. The fourth-order valence-corrected chi connectivity index (χ4v) is 3.08. The van der Waals surface area contributed by atoms with Gasteiger partial charge in [0.05, 0.1) is 11.6 Å². The minimum absolute atomic E-state index is 0.00990. The monoisotopic (exact) mass is 330 g/mol. The van der Waals surface area contributed by atoms with E-state index in [0.29, 0.717) is 31.6 Å². The van der Waals surface area contributed by atoms with Crippen LogP contribution in [0.3, 0.4) is 0 Å². The van der Waals surface area contributed by atoms with Crippen molar-refractivity contribution < 1.29 is 9.18 Å². The van der Waals surface area contributed by atoms with E-state index in [4.69, 9.17) is 0 Å². The quantitative estimate of drug-likeness (QED) is 0.755. The second-order valence-corrected chi connectivity index (χ2v) is 6.53. The number of hydrogen-bond donors (Lipinski definition) is 2. The topological polar surface area (TPSA) is 59.0 Å². The largest absolute Gasteiger partial charge is 0.356 e. The third-order valence-corrected chi connectivity index (χ3v) is 4.58. The molecular formula is C18H23FN4O. The molecule has 1 amide bonds. The molecule has 24 heavy (non-hydrogen) atoms. The molecule has 1 fully saturated rings. The summed E-state index contributed by atoms with van der Waals surface area (Å²) < 4.78 is 15.7. The Hall–Kier alpha value is -2.21. The average Bonchev–Trinajstić information content (AvgIpc) is 2.94. The molecule has 1 aromatic carbocycles. The number of carbonyl (C=O) groups is 1. The van der Waals surface area contributed by atoms with Gasteiger partial charge in [-0.3, -0.25) is 9.48 Å². The van der Waals surface area contributed by atoms with E-state index in [1.54, 1.807) is 16.8 Å². The van der Waals surface area contributed by atoms with Gasteiger partial charge in [0.15, 0.2) is 0 Å². The van der Waals surface area contributed by atoms with E-state index in [-0.39, 0.29) is 11.7 Å². The Morgan fingerprint density at radius 2 is 2.21 bits per heavy atom. The van der Waals surface area contributed by atoms with Crippen molar-refractivity contribution in [3.8, 4) is 0 Å². The van der Waals surface area contributed by atoms with Crippen LogP contribution in [0.25, 0.3) is 0 Å². The van der Waals surface area contributed by atoms with E-state index in [0.717, 1.165) is 18.4 Å². The summed E-state index contributed by atoms with van der Waals surface area (Å²) in [6.45, 7) is 1.80. The molecule has 0 aliphatic carbocycles. The molecule has 128 valence electrons. The first-order valence-electron chi connectivity index (χ1n) is 8.29. The van der Waals surface area contributed by atoms with Gasteiger partial charge >= 0.3 is 0 Å². The first-order chi connectivity index (χ1) is 11.6. The van der Waals surface area contributed by atoms with Crippen LogP contribution < -0.4 is 10.6 Å². The van der Waals surface area contributed by atoms with Crippen LogP contribution in [0, 0.1) is 11.2 Å². The van der Waals surface area contributed by atoms with Gasteiger partial charge in [0.25, 0.3) is 0 Å². The van der Waals surface area contributed by atoms with Gasteiger partial charge in [0, 0.05) is 32.9 Å². The highest BCUT2D eigenvalue weighted by atomic mass is 19.1. The zero-order valence-electron chi connectivity index (χ0n) is 13.9. The molecule has 6 heteroatoms. The molecule has 2 aromatic rings. The van der Waals surface area contributed by atoms with Gasteiger partial charge in [-0.2, -0.15) is 5.10 Å². The maximum atomic E-state index is 13.9. The summed E-state index contributed by atoms with van der Waals surface area (Å²) >= 11 is 0. The van der Waals surface area contributed by atoms with Gasteiger partial charge in [-0.05, 0) is 36.5 Å². The van der Waals surface area contributed by atoms with Crippen molar-refractivity contribution in [3.63, 3.8) is 0 Å². The minimum atomic E-state index is -0.531. The smallest absolute Gasteiger partial charge is 0.229 e. The lowest BCUT2D eigenvalue weighted by atomic mass is 9.75. The Morgan fingerprint density at radius 3 is 2.83 bits per heavy atom. The van der Waals surface area contributed by atoms with Crippen LogP contribution in [-0.2, 0) is 24.7 Å². The Balaban J connectivity index is 1.51. The van der Waals surface area contributed by atoms with Crippen LogP contribution in [0.15, 0.2) is 36.7 Å². The molecule has 0 atom stereocenters. The van der Waals surface area contributed by atoms with Crippen LogP contribution in [-0.4, -0.2) is 35.3 Å². The predicted octanol–water partition coefficient (Wildman–Crippen LogP) is 1.44. The summed E-state index contributed by atoms with van der Waals surface area (Å²) in [5, 5.41) is 10.3. The van der Waals surface area contributed by atoms with Crippen molar-refractivity contribution in [2.45, 2.75) is 19.3 Å². The SMILES string of the molecule is Cn1cc(CCCNC(=O)C2(Cc3ccccc3F)CNC2)cn1. The number of hydrogen-bond acceptors (Lipinski definition) is 3. The van der Waals surface area contributed by atoms with Crippen LogP contribution in [0.4, 0.5) is 4.39 Å². The fraction of sp³-hybridized carbons (Fsp3) is 0.444. The fourth-order valence-electron chi connectivity index (χ4n) is 3.08. The second-order valence-electron chi connectivity index (χ2n) is 6.53. The molecule has 0 radical (unpaired) electrons. The Labute approximate surface area is 141 Å². The number of amides is 1. The first-order valence-corrected chi connectivity index (χ1v) is 8.29. The number of aromatic nitrogens is 2. The third kappa shape index (κ3) is 3.64. The third-order valence-electron chi connectivity index (χ3n) is 4.58. The van der Waals surface area contributed by atoms with E-state index in [9.17, 15) is 9.18 Å². The van der Waals surface area contributed by atoms with E-state index >= 15 is 0 Å². The standard InChI is InChI=1S/C18H23FN4O/c1-23-11-14(10-22-23)5-4-8-21-17(24)18(12-20-13-18)9-15-6-2-3-7-16(15)19/h2-3,6-7,10-11,20H,4-5,8-9,12-13H2,1H3,(H,21,24). The molecule has 1 aliphatic rings. The molecule has 1 aliphatic heterocycles. The number of benzene rings is 1. The molecule has 0 spiro atoms. The lowest BCUT2D eigenvalue weighted by Gasteiger charge is -2.41. The van der Waals surface area contributed by atoms with Gasteiger partial charge in [-0.15, -0.1) is 0 Å². The number of rotatable bonds is 7. The predicted molar refractivity (Wildman–Crippen MR) is 89.9 cm³/mol. The summed E-state index contributed by atoms with van der Waals surface area (Å²) in [6, 6.07) is 6.68. The number of nitrogens with zero attached hydrogens (tertiary/aromatic N) is 2. The molecule has 1 aromatic heterocycles. The van der Waals surface area contributed by atoms with Crippen molar-refractivity contribution in [2.24, 2.45) is 12.5 Å². The van der Waals surface area contributed by atoms with Gasteiger partial charge < -0.3 is 10.6 Å². The second kappa shape index (κ2) is 7.13. The lowest BCUT2D eigenvalue weighted by molar-refractivity contribution is -0.133. The van der Waals surface area contributed by atoms with Crippen LogP contribution in [0.2, 0.25) is 0 Å². The first kappa shape index (κ1) is 16.6. The molecule has 0 saturated carbocycles. The average molecular weight is 330 g/mol. The van der Waals surface area contributed by atoms with E-state index in [2.05, 4.69) is 15.7 Å². The molecule has 0 unspecified atom stereocenters. The van der Waals surface area contributed by atoms with Gasteiger partial charge in [-0.25, -0.2) is 4.39 Å². The summed E-state index contributed by atoms with van der Waals surface area (Å²) in [5.74, 6) is -0.233. The van der Waals surface area contributed by atoms with E-state index in [1.165, 1.54) is 6.07 Å². The summed E-state index contributed by atoms with van der Waals surface area (Å²) in [6.07, 6.45) is 6.00.